The van der Waals surface area contributed by atoms with E-state index in [4.69, 9.17) is 21.1 Å². The Hall–Kier alpha value is -2.97. The lowest BCUT2D eigenvalue weighted by Crippen LogP contribution is -2.06. The van der Waals surface area contributed by atoms with E-state index < -0.39 is 10.9 Å². The predicted molar refractivity (Wildman–Crippen MR) is 105 cm³/mol. The summed E-state index contributed by atoms with van der Waals surface area (Å²) in [5, 5.41) is 14.0. The largest absolute Gasteiger partial charge is 0.486 e. The molecule has 1 heterocycles. The van der Waals surface area contributed by atoms with Crippen LogP contribution in [0, 0.1) is 17.0 Å². The van der Waals surface area contributed by atoms with E-state index in [1.54, 1.807) is 36.6 Å². The van der Waals surface area contributed by atoms with Crippen LogP contribution in [0.1, 0.15) is 26.6 Å². The second-order valence-electron chi connectivity index (χ2n) is 5.81. The van der Waals surface area contributed by atoms with E-state index in [2.05, 4.69) is 4.98 Å². The number of nitro groups is 1. The van der Waals surface area contributed by atoms with Crippen molar-refractivity contribution in [3.05, 3.63) is 84.8 Å². The Bertz CT molecular complexity index is 1000. The van der Waals surface area contributed by atoms with Crippen LogP contribution in [0.25, 0.3) is 0 Å². The van der Waals surface area contributed by atoms with Crippen LogP contribution in [-0.2, 0) is 18.0 Å². The van der Waals surface area contributed by atoms with Gasteiger partial charge in [-0.05, 0) is 43.3 Å². The maximum absolute atomic E-state index is 12.1. The number of thiazole rings is 1. The number of hydrogen-bond acceptors (Lipinski definition) is 7. The number of hydrogen-bond donors (Lipinski definition) is 0. The molecule has 0 N–H and O–H groups in total. The standard InChI is InChI=1S/C19H15ClN2O5S/c1-12-8-13(2-7-17(12)22(24)25)19(23)27-9-15-11-28-18(21-15)10-26-16-5-3-14(20)4-6-16/h2-8,11H,9-10H2,1H3. The zero-order valence-electron chi connectivity index (χ0n) is 14.8. The molecular formula is C19H15ClN2O5S. The minimum atomic E-state index is -0.565. The van der Waals surface area contributed by atoms with Crippen LogP contribution in [0.15, 0.2) is 47.8 Å². The molecule has 0 radical (unpaired) electrons. The lowest BCUT2D eigenvalue weighted by molar-refractivity contribution is -0.385. The number of benzene rings is 2. The average molecular weight is 419 g/mol. The first-order valence-corrected chi connectivity index (χ1v) is 9.42. The molecule has 144 valence electrons. The first-order chi connectivity index (χ1) is 13.4. The van der Waals surface area contributed by atoms with Gasteiger partial charge in [0.05, 0.1) is 16.2 Å². The summed E-state index contributed by atoms with van der Waals surface area (Å²) in [5.41, 5.74) is 1.22. The number of carbonyl (C=O) groups excluding carboxylic acids is 1. The second kappa shape index (κ2) is 8.81. The number of halogens is 1. The van der Waals surface area contributed by atoms with Crippen LogP contribution >= 0.6 is 22.9 Å². The van der Waals surface area contributed by atoms with Crippen molar-refractivity contribution in [1.82, 2.24) is 4.98 Å². The molecule has 0 atom stereocenters. The van der Waals surface area contributed by atoms with Crippen molar-refractivity contribution in [2.24, 2.45) is 0 Å². The van der Waals surface area contributed by atoms with Crippen molar-refractivity contribution in [3.63, 3.8) is 0 Å². The van der Waals surface area contributed by atoms with Crippen LogP contribution in [0.3, 0.4) is 0 Å². The maximum Gasteiger partial charge on any atom is 0.338 e. The molecule has 3 rings (SSSR count). The summed E-state index contributed by atoms with van der Waals surface area (Å²) in [5.74, 6) is 0.117. The third-order valence-corrected chi connectivity index (χ3v) is 4.88. The zero-order valence-corrected chi connectivity index (χ0v) is 16.3. The lowest BCUT2D eigenvalue weighted by atomic mass is 10.1. The van der Waals surface area contributed by atoms with Crippen molar-refractivity contribution in [1.29, 1.82) is 0 Å². The van der Waals surface area contributed by atoms with E-state index in [1.807, 2.05) is 0 Å². The molecule has 0 saturated carbocycles. The van der Waals surface area contributed by atoms with Gasteiger partial charge in [-0.15, -0.1) is 11.3 Å². The molecule has 0 bridgehead atoms. The van der Waals surface area contributed by atoms with Crippen LogP contribution in [-0.4, -0.2) is 15.9 Å². The molecular weight excluding hydrogens is 404 g/mol. The molecule has 0 saturated heterocycles. The quantitative estimate of drug-likeness (QED) is 0.306. The Balaban J connectivity index is 1.53. The summed E-state index contributed by atoms with van der Waals surface area (Å²) in [6.45, 7) is 1.87. The van der Waals surface area contributed by atoms with Crippen LogP contribution in [0.5, 0.6) is 5.75 Å². The number of ether oxygens (including phenoxy) is 2. The second-order valence-corrected chi connectivity index (χ2v) is 7.19. The molecule has 0 fully saturated rings. The van der Waals surface area contributed by atoms with Gasteiger partial charge in [0, 0.05) is 22.0 Å². The number of rotatable bonds is 7. The smallest absolute Gasteiger partial charge is 0.338 e. The normalized spacial score (nSPS) is 10.5. The van der Waals surface area contributed by atoms with Gasteiger partial charge in [0.15, 0.2) is 0 Å². The first-order valence-electron chi connectivity index (χ1n) is 8.16. The summed E-state index contributed by atoms with van der Waals surface area (Å²) in [6, 6.07) is 11.1. The van der Waals surface area contributed by atoms with Gasteiger partial charge in [0.25, 0.3) is 5.69 Å². The Labute approximate surface area is 169 Å². The number of aromatic nitrogens is 1. The van der Waals surface area contributed by atoms with E-state index in [0.717, 1.165) is 5.01 Å². The summed E-state index contributed by atoms with van der Waals surface area (Å²) < 4.78 is 10.9. The number of nitrogens with zero attached hydrogens (tertiary/aromatic N) is 2. The van der Waals surface area contributed by atoms with E-state index in [9.17, 15) is 14.9 Å². The molecule has 0 aliphatic heterocycles. The number of aryl methyl sites for hydroxylation is 1. The molecule has 0 aliphatic rings. The molecule has 0 unspecified atom stereocenters. The first kappa shape index (κ1) is 19.8. The third-order valence-electron chi connectivity index (χ3n) is 3.76. The maximum atomic E-state index is 12.1. The minimum absolute atomic E-state index is 0.00626. The molecule has 1 aromatic heterocycles. The van der Waals surface area contributed by atoms with Gasteiger partial charge < -0.3 is 9.47 Å². The predicted octanol–water partition coefficient (Wildman–Crippen LogP) is 4.95. The summed E-state index contributed by atoms with van der Waals surface area (Å²) >= 11 is 7.23. The van der Waals surface area contributed by atoms with Crippen molar-refractivity contribution in [3.8, 4) is 5.75 Å². The van der Waals surface area contributed by atoms with Gasteiger partial charge >= 0.3 is 5.97 Å². The summed E-state index contributed by atoms with van der Waals surface area (Å²) in [6.07, 6.45) is 0. The monoisotopic (exact) mass is 418 g/mol. The Morgan fingerprint density at radius 3 is 2.64 bits per heavy atom. The van der Waals surface area contributed by atoms with Crippen molar-refractivity contribution >= 4 is 34.6 Å². The number of esters is 1. The molecule has 0 spiro atoms. The number of carbonyl (C=O) groups is 1. The topological polar surface area (TPSA) is 91.6 Å². The number of nitro benzene ring substituents is 1. The van der Waals surface area contributed by atoms with Gasteiger partial charge in [-0.3, -0.25) is 10.1 Å². The lowest BCUT2D eigenvalue weighted by Gasteiger charge is -2.05. The van der Waals surface area contributed by atoms with E-state index in [0.29, 0.717) is 28.6 Å². The highest BCUT2D eigenvalue weighted by Crippen LogP contribution is 2.21. The highest BCUT2D eigenvalue weighted by molar-refractivity contribution is 7.09. The molecule has 2 aromatic carbocycles. The molecule has 3 aromatic rings. The van der Waals surface area contributed by atoms with Crippen molar-refractivity contribution < 1.29 is 19.2 Å². The van der Waals surface area contributed by atoms with Crippen molar-refractivity contribution in [2.75, 3.05) is 0 Å². The molecule has 0 aliphatic carbocycles. The van der Waals surface area contributed by atoms with Gasteiger partial charge in [-0.25, -0.2) is 9.78 Å². The highest BCUT2D eigenvalue weighted by atomic mass is 35.5. The SMILES string of the molecule is Cc1cc(C(=O)OCc2csc(COc3ccc(Cl)cc3)n2)ccc1[N+](=O)[O-]. The Kier molecular flexibility index (Phi) is 6.23. The Morgan fingerprint density at radius 2 is 1.96 bits per heavy atom. The van der Waals surface area contributed by atoms with E-state index in [1.165, 1.54) is 29.5 Å². The van der Waals surface area contributed by atoms with E-state index >= 15 is 0 Å². The molecule has 7 nitrogen and oxygen atoms in total. The minimum Gasteiger partial charge on any atom is -0.486 e. The highest BCUT2D eigenvalue weighted by Gasteiger charge is 2.15. The van der Waals surface area contributed by atoms with Gasteiger partial charge in [0.2, 0.25) is 0 Å². The average Bonchev–Trinajstić information content (AvgIpc) is 3.13. The van der Waals surface area contributed by atoms with Crippen LogP contribution < -0.4 is 4.74 Å². The summed E-state index contributed by atoms with van der Waals surface area (Å²) in [7, 11) is 0. The summed E-state index contributed by atoms with van der Waals surface area (Å²) in [4.78, 5) is 26.9. The van der Waals surface area contributed by atoms with Gasteiger partial charge in [-0.1, -0.05) is 11.6 Å². The molecule has 0 amide bonds. The third kappa shape index (κ3) is 5.05. The molecule has 9 heteroatoms. The van der Waals surface area contributed by atoms with Crippen LogP contribution in [0.2, 0.25) is 5.02 Å². The van der Waals surface area contributed by atoms with E-state index in [-0.39, 0.29) is 17.9 Å². The van der Waals surface area contributed by atoms with Gasteiger partial charge in [-0.2, -0.15) is 0 Å². The van der Waals surface area contributed by atoms with Gasteiger partial charge in [0.1, 0.15) is 24.0 Å². The fourth-order valence-corrected chi connectivity index (χ4v) is 3.18. The molecule has 28 heavy (non-hydrogen) atoms. The van der Waals surface area contributed by atoms with Crippen LogP contribution in [0.4, 0.5) is 5.69 Å². The fourth-order valence-electron chi connectivity index (χ4n) is 2.37. The Morgan fingerprint density at radius 1 is 1.21 bits per heavy atom. The zero-order chi connectivity index (χ0) is 20.1. The fraction of sp³-hybridized carbons (Fsp3) is 0.158. The van der Waals surface area contributed by atoms with Crippen molar-refractivity contribution in [2.45, 2.75) is 20.1 Å².